The second-order valence-corrected chi connectivity index (χ2v) is 6.45. The maximum Gasteiger partial charge on any atom is 0.265 e. The van der Waals surface area contributed by atoms with Gasteiger partial charge in [0.1, 0.15) is 5.52 Å². The van der Waals surface area contributed by atoms with E-state index < -0.39 is 0 Å². The largest absolute Gasteiger partial charge is 0.436 e. The summed E-state index contributed by atoms with van der Waals surface area (Å²) in [6, 6.07) is 17.1. The molecule has 0 saturated heterocycles. The number of nitrogens with zero attached hydrogens (tertiary/aromatic N) is 1. The third-order valence-corrected chi connectivity index (χ3v) is 4.55. The molecule has 1 amide bonds. The van der Waals surface area contributed by atoms with E-state index in [0.717, 1.165) is 27.9 Å². The van der Waals surface area contributed by atoms with Crippen molar-refractivity contribution in [3.05, 3.63) is 70.4 Å². The first-order chi connectivity index (χ1) is 11.7. The number of rotatable bonds is 3. The highest BCUT2D eigenvalue weighted by Gasteiger charge is 2.10. The van der Waals surface area contributed by atoms with Crippen LogP contribution in [0, 0.1) is 6.92 Å². The molecular weight excluding hydrogens is 320 g/mol. The Labute approximate surface area is 142 Å². The lowest BCUT2D eigenvalue weighted by Gasteiger charge is -2.04. The van der Waals surface area contributed by atoms with Crippen molar-refractivity contribution in [2.45, 2.75) is 6.92 Å². The lowest BCUT2D eigenvalue weighted by molar-refractivity contribution is 0.103. The Kier molecular flexibility index (Phi) is 3.63. The standard InChI is InChI=1S/C19H14N2O2S/c1-12-4-9-16-15(11-12)21-19(23-16)13-5-7-14(8-6-13)20-18(22)17-3-2-10-24-17/h2-11H,1H3,(H,20,22). The fraction of sp³-hybridized carbons (Fsp3) is 0.0526. The average molecular weight is 334 g/mol. The van der Waals surface area contributed by atoms with Gasteiger partial charge in [-0.25, -0.2) is 4.98 Å². The van der Waals surface area contributed by atoms with Crippen LogP contribution in [0.15, 0.2) is 64.4 Å². The zero-order chi connectivity index (χ0) is 16.5. The second-order valence-electron chi connectivity index (χ2n) is 5.50. The van der Waals surface area contributed by atoms with Gasteiger partial charge in [0, 0.05) is 11.3 Å². The number of hydrogen-bond donors (Lipinski definition) is 1. The van der Waals surface area contributed by atoms with Crippen LogP contribution in [0.1, 0.15) is 15.2 Å². The summed E-state index contributed by atoms with van der Waals surface area (Å²) >= 11 is 1.42. The molecule has 4 aromatic rings. The van der Waals surface area contributed by atoms with Gasteiger partial charge in [0.2, 0.25) is 5.89 Å². The van der Waals surface area contributed by atoms with Gasteiger partial charge in [0.15, 0.2) is 5.58 Å². The molecule has 0 radical (unpaired) electrons. The smallest absolute Gasteiger partial charge is 0.265 e. The molecule has 0 fully saturated rings. The van der Waals surface area contributed by atoms with Gasteiger partial charge in [-0.15, -0.1) is 11.3 Å². The van der Waals surface area contributed by atoms with Crippen LogP contribution in [0.4, 0.5) is 5.69 Å². The summed E-state index contributed by atoms with van der Waals surface area (Å²) in [4.78, 5) is 17.3. The SMILES string of the molecule is Cc1ccc2oc(-c3ccc(NC(=O)c4cccs4)cc3)nc2c1. The molecule has 0 aliphatic heterocycles. The summed E-state index contributed by atoms with van der Waals surface area (Å²) in [5.74, 6) is 0.474. The van der Waals surface area contributed by atoms with Gasteiger partial charge < -0.3 is 9.73 Å². The van der Waals surface area contributed by atoms with Gasteiger partial charge in [0.25, 0.3) is 5.91 Å². The monoisotopic (exact) mass is 334 g/mol. The van der Waals surface area contributed by atoms with Crippen molar-refractivity contribution in [2.24, 2.45) is 0 Å². The third kappa shape index (κ3) is 2.81. The lowest BCUT2D eigenvalue weighted by Crippen LogP contribution is -2.09. The molecule has 0 spiro atoms. The molecule has 0 unspecified atom stereocenters. The molecule has 4 rings (SSSR count). The number of carbonyl (C=O) groups is 1. The van der Waals surface area contributed by atoms with Crippen molar-refractivity contribution in [1.29, 1.82) is 0 Å². The molecule has 118 valence electrons. The van der Waals surface area contributed by atoms with Crippen LogP contribution < -0.4 is 5.32 Å². The Hall–Kier alpha value is -2.92. The normalized spacial score (nSPS) is 10.9. The number of aryl methyl sites for hydroxylation is 1. The fourth-order valence-corrected chi connectivity index (χ4v) is 3.08. The number of aromatic nitrogens is 1. The zero-order valence-corrected chi connectivity index (χ0v) is 13.8. The highest BCUT2D eigenvalue weighted by atomic mass is 32.1. The summed E-state index contributed by atoms with van der Waals surface area (Å²) in [5.41, 5.74) is 4.38. The van der Waals surface area contributed by atoms with E-state index in [-0.39, 0.29) is 5.91 Å². The average Bonchev–Trinajstić information content (AvgIpc) is 3.24. The van der Waals surface area contributed by atoms with Crippen LogP contribution in [0.25, 0.3) is 22.6 Å². The number of oxazole rings is 1. The number of anilines is 1. The van der Waals surface area contributed by atoms with Crippen LogP contribution in [-0.2, 0) is 0 Å². The van der Waals surface area contributed by atoms with E-state index in [0.29, 0.717) is 10.8 Å². The van der Waals surface area contributed by atoms with Gasteiger partial charge in [0.05, 0.1) is 4.88 Å². The van der Waals surface area contributed by atoms with Crippen molar-refractivity contribution >= 4 is 34.0 Å². The van der Waals surface area contributed by atoms with E-state index in [4.69, 9.17) is 4.42 Å². The lowest BCUT2D eigenvalue weighted by atomic mass is 10.2. The minimum Gasteiger partial charge on any atom is -0.436 e. The first-order valence-electron chi connectivity index (χ1n) is 7.51. The van der Waals surface area contributed by atoms with Crippen molar-refractivity contribution in [3.8, 4) is 11.5 Å². The molecule has 1 N–H and O–H groups in total. The van der Waals surface area contributed by atoms with E-state index in [9.17, 15) is 4.79 Å². The molecule has 4 nitrogen and oxygen atoms in total. The molecular formula is C19H14N2O2S. The topological polar surface area (TPSA) is 55.1 Å². The maximum absolute atomic E-state index is 12.0. The molecule has 0 atom stereocenters. The first-order valence-corrected chi connectivity index (χ1v) is 8.39. The minimum absolute atomic E-state index is 0.102. The van der Waals surface area contributed by atoms with E-state index in [1.165, 1.54) is 11.3 Å². The van der Waals surface area contributed by atoms with Crippen LogP contribution in [-0.4, -0.2) is 10.9 Å². The number of nitrogens with one attached hydrogen (secondary N) is 1. The Balaban J connectivity index is 1.57. The van der Waals surface area contributed by atoms with E-state index in [1.54, 1.807) is 6.07 Å². The van der Waals surface area contributed by atoms with Crippen molar-refractivity contribution in [3.63, 3.8) is 0 Å². The molecule has 0 saturated carbocycles. The number of thiophene rings is 1. The number of amides is 1. The van der Waals surface area contributed by atoms with E-state index in [1.807, 2.05) is 60.8 Å². The molecule has 0 bridgehead atoms. The summed E-state index contributed by atoms with van der Waals surface area (Å²) in [7, 11) is 0. The summed E-state index contributed by atoms with van der Waals surface area (Å²) in [5, 5.41) is 4.76. The van der Waals surface area contributed by atoms with Crippen LogP contribution in [0.2, 0.25) is 0 Å². The van der Waals surface area contributed by atoms with Crippen molar-refractivity contribution < 1.29 is 9.21 Å². The van der Waals surface area contributed by atoms with Gasteiger partial charge in [-0.05, 0) is 60.3 Å². The molecule has 0 aliphatic rings. The predicted molar refractivity (Wildman–Crippen MR) is 96.5 cm³/mol. The second kappa shape index (κ2) is 5.94. The predicted octanol–water partition coefficient (Wildman–Crippen LogP) is 5.12. The molecule has 24 heavy (non-hydrogen) atoms. The summed E-state index contributed by atoms with van der Waals surface area (Å²) in [6.45, 7) is 2.03. The molecule has 5 heteroatoms. The number of fused-ring (bicyclic) bond motifs is 1. The quantitative estimate of drug-likeness (QED) is 0.566. The van der Waals surface area contributed by atoms with Crippen molar-refractivity contribution in [1.82, 2.24) is 4.98 Å². The van der Waals surface area contributed by atoms with E-state index in [2.05, 4.69) is 10.3 Å². The Morgan fingerprint density at radius 2 is 1.96 bits per heavy atom. The first kappa shape index (κ1) is 14.7. The minimum atomic E-state index is -0.102. The van der Waals surface area contributed by atoms with Crippen LogP contribution in [0.3, 0.4) is 0 Å². The van der Waals surface area contributed by atoms with Crippen LogP contribution in [0.5, 0.6) is 0 Å². The Bertz CT molecular complexity index is 1000. The summed E-state index contributed by atoms with van der Waals surface area (Å²) in [6.07, 6.45) is 0. The number of hydrogen-bond acceptors (Lipinski definition) is 4. The molecule has 2 aromatic carbocycles. The Morgan fingerprint density at radius 3 is 2.71 bits per heavy atom. The molecule has 0 aliphatic carbocycles. The summed E-state index contributed by atoms with van der Waals surface area (Å²) < 4.78 is 5.79. The maximum atomic E-state index is 12.0. The zero-order valence-electron chi connectivity index (χ0n) is 12.9. The van der Waals surface area contributed by atoms with Crippen LogP contribution >= 0.6 is 11.3 Å². The van der Waals surface area contributed by atoms with Gasteiger partial charge in [-0.3, -0.25) is 4.79 Å². The fourth-order valence-electron chi connectivity index (χ4n) is 2.46. The highest BCUT2D eigenvalue weighted by Crippen LogP contribution is 2.26. The molecule has 2 heterocycles. The third-order valence-electron chi connectivity index (χ3n) is 3.68. The van der Waals surface area contributed by atoms with Gasteiger partial charge in [-0.1, -0.05) is 12.1 Å². The number of benzene rings is 2. The highest BCUT2D eigenvalue weighted by molar-refractivity contribution is 7.12. The number of carbonyl (C=O) groups excluding carboxylic acids is 1. The molecule has 2 aromatic heterocycles. The Morgan fingerprint density at radius 1 is 1.12 bits per heavy atom. The van der Waals surface area contributed by atoms with Crippen molar-refractivity contribution in [2.75, 3.05) is 5.32 Å². The van der Waals surface area contributed by atoms with E-state index >= 15 is 0 Å². The van der Waals surface area contributed by atoms with Gasteiger partial charge >= 0.3 is 0 Å². The van der Waals surface area contributed by atoms with Gasteiger partial charge in [-0.2, -0.15) is 0 Å².